The Balaban J connectivity index is 1.54. The van der Waals surface area contributed by atoms with Crippen molar-refractivity contribution >= 4 is 28.3 Å². The van der Waals surface area contributed by atoms with Crippen LogP contribution in [-0.2, 0) is 11.3 Å². The fourth-order valence-corrected chi connectivity index (χ4v) is 5.18. The standard InChI is InChI=1S/C28H23N3O4/c1-15(2)16-10-11-19-23(13-16)35-28(34)20-7-5-8-21(29)24(20)25(32)27(19,28)31-26(33)18-12-17-6-3-4-9-22(17)30-14-18/h3-15,34H,29H2,1-2H3,(H,31,33). The Labute approximate surface area is 201 Å². The second-order valence-corrected chi connectivity index (χ2v) is 9.38. The Hall–Kier alpha value is -4.23. The molecule has 0 fully saturated rings. The number of Topliss-reactive ketones (excluding diaryl/α,β-unsaturated/α-hetero) is 1. The van der Waals surface area contributed by atoms with Crippen LogP contribution < -0.4 is 15.8 Å². The first-order chi connectivity index (χ1) is 16.8. The van der Waals surface area contributed by atoms with Crippen molar-refractivity contribution in [3.63, 3.8) is 0 Å². The summed E-state index contributed by atoms with van der Waals surface area (Å²) in [5, 5.41) is 15.6. The summed E-state index contributed by atoms with van der Waals surface area (Å²) >= 11 is 0. The summed E-state index contributed by atoms with van der Waals surface area (Å²) in [5.41, 5.74) is 7.19. The number of rotatable bonds is 3. The van der Waals surface area contributed by atoms with Gasteiger partial charge in [0.15, 0.2) is 0 Å². The third kappa shape index (κ3) is 2.73. The van der Waals surface area contributed by atoms with E-state index in [0.29, 0.717) is 11.3 Å². The molecule has 1 aromatic heterocycles. The fraction of sp³-hybridized carbons (Fsp3) is 0.179. The number of nitrogens with zero attached hydrogens (tertiary/aromatic N) is 1. The van der Waals surface area contributed by atoms with E-state index in [-0.39, 0.29) is 28.3 Å². The number of nitrogen functional groups attached to an aromatic ring is 1. The maximum Gasteiger partial charge on any atom is 0.271 e. The van der Waals surface area contributed by atoms with Crippen LogP contribution in [0.4, 0.5) is 5.69 Å². The first-order valence-corrected chi connectivity index (χ1v) is 11.4. The van der Waals surface area contributed by atoms with Gasteiger partial charge in [0.2, 0.25) is 11.3 Å². The number of nitrogens with two attached hydrogens (primary N) is 1. The van der Waals surface area contributed by atoms with Gasteiger partial charge in [0.05, 0.1) is 16.6 Å². The number of hydrogen-bond acceptors (Lipinski definition) is 6. The SMILES string of the molecule is CC(C)c1ccc2c(c1)OC1(O)c3cccc(N)c3C(=O)C21NC(=O)c1cnc2ccccc2c1. The van der Waals surface area contributed by atoms with Crippen molar-refractivity contribution in [2.75, 3.05) is 5.73 Å². The van der Waals surface area contributed by atoms with Crippen LogP contribution in [0.25, 0.3) is 10.9 Å². The van der Waals surface area contributed by atoms with Crippen molar-refractivity contribution in [1.29, 1.82) is 0 Å². The lowest BCUT2D eigenvalue weighted by Gasteiger charge is -2.34. The zero-order valence-electron chi connectivity index (χ0n) is 19.2. The third-order valence-corrected chi connectivity index (χ3v) is 7.03. The van der Waals surface area contributed by atoms with Gasteiger partial charge in [-0.2, -0.15) is 0 Å². The van der Waals surface area contributed by atoms with E-state index < -0.39 is 23.0 Å². The number of carbonyl (C=O) groups is 2. The number of aliphatic hydroxyl groups is 1. The highest BCUT2D eigenvalue weighted by Crippen LogP contribution is 2.59. The molecule has 7 heteroatoms. The van der Waals surface area contributed by atoms with Crippen LogP contribution in [0.1, 0.15) is 57.2 Å². The van der Waals surface area contributed by atoms with Crippen LogP contribution in [0.2, 0.25) is 0 Å². The van der Waals surface area contributed by atoms with Gasteiger partial charge in [-0.05, 0) is 35.7 Å². The average Bonchev–Trinajstić information content (AvgIpc) is 3.21. The van der Waals surface area contributed by atoms with E-state index in [4.69, 9.17) is 10.5 Å². The van der Waals surface area contributed by atoms with E-state index >= 15 is 0 Å². The summed E-state index contributed by atoms with van der Waals surface area (Å²) in [4.78, 5) is 32.0. The normalized spacial score (nSPS) is 22.0. The smallest absolute Gasteiger partial charge is 0.271 e. The van der Waals surface area contributed by atoms with Gasteiger partial charge in [-0.1, -0.05) is 56.3 Å². The summed E-state index contributed by atoms with van der Waals surface area (Å²) in [7, 11) is 0. The minimum atomic E-state index is -2.16. The average molecular weight is 466 g/mol. The molecule has 0 saturated carbocycles. The molecule has 6 rings (SSSR count). The predicted octanol–water partition coefficient (Wildman–Crippen LogP) is 4.00. The molecule has 0 bridgehead atoms. The third-order valence-electron chi connectivity index (χ3n) is 7.03. The number of carbonyl (C=O) groups excluding carboxylic acids is 2. The van der Waals surface area contributed by atoms with Crippen molar-refractivity contribution in [1.82, 2.24) is 10.3 Å². The number of benzene rings is 3. The maximum absolute atomic E-state index is 14.0. The first kappa shape index (κ1) is 21.3. The van der Waals surface area contributed by atoms with Gasteiger partial charge in [0.1, 0.15) is 5.75 Å². The molecule has 1 aliphatic carbocycles. The van der Waals surface area contributed by atoms with Gasteiger partial charge in [-0.25, -0.2) is 0 Å². The number of ether oxygens (including phenoxy) is 1. The highest BCUT2D eigenvalue weighted by Gasteiger charge is 2.72. The molecule has 1 amide bonds. The lowest BCUT2D eigenvalue weighted by molar-refractivity contribution is -0.169. The molecule has 3 aromatic carbocycles. The molecule has 2 heterocycles. The van der Waals surface area contributed by atoms with Crippen molar-refractivity contribution in [2.24, 2.45) is 0 Å². The van der Waals surface area contributed by atoms with Crippen molar-refractivity contribution in [3.8, 4) is 5.75 Å². The van der Waals surface area contributed by atoms with Gasteiger partial charge in [0.25, 0.3) is 11.7 Å². The van der Waals surface area contributed by atoms with Crippen molar-refractivity contribution in [2.45, 2.75) is 31.1 Å². The van der Waals surface area contributed by atoms with Crippen LogP contribution in [0.5, 0.6) is 5.75 Å². The molecule has 4 aromatic rings. The molecule has 0 radical (unpaired) electrons. The topological polar surface area (TPSA) is 115 Å². The number of hydrogen-bond donors (Lipinski definition) is 3. The number of para-hydroxylation sites is 1. The molecule has 0 spiro atoms. The Bertz CT molecular complexity index is 1560. The summed E-state index contributed by atoms with van der Waals surface area (Å²) in [6.45, 7) is 4.08. The van der Waals surface area contributed by atoms with Crippen LogP contribution in [0.3, 0.4) is 0 Å². The van der Waals surface area contributed by atoms with E-state index in [1.54, 1.807) is 36.4 Å². The van der Waals surface area contributed by atoms with Crippen LogP contribution in [0, 0.1) is 0 Å². The minimum absolute atomic E-state index is 0.144. The summed E-state index contributed by atoms with van der Waals surface area (Å²) < 4.78 is 6.12. The highest BCUT2D eigenvalue weighted by molar-refractivity contribution is 6.16. The van der Waals surface area contributed by atoms with Gasteiger partial charge < -0.3 is 20.9 Å². The Morgan fingerprint density at radius 2 is 1.86 bits per heavy atom. The molecule has 2 aliphatic rings. The second kappa shape index (κ2) is 7.13. The molecular formula is C28H23N3O4. The number of pyridine rings is 1. The molecule has 7 nitrogen and oxygen atoms in total. The quantitative estimate of drug-likeness (QED) is 0.394. The Morgan fingerprint density at radius 3 is 2.66 bits per heavy atom. The number of nitrogens with one attached hydrogen (secondary N) is 1. The predicted molar refractivity (Wildman–Crippen MR) is 131 cm³/mol. The van der Waals surface area contributed by atoms with Crippen LogP contribution in [0.15, 0.2) is 72.9 Å². The van der Waals surface area contributed by atoms with E-state index in [0.717, 1.165) is 16.5 Å². The minimum Gasteiger partial charge on any atom is -0.454 e. The Kier molecular flexibility index (Phi) is 4.34. The summed E-state index contributed by atoms with van der Waals surface area (Å²) in [5.74, 6) is -2.70. The number of fused-ring (bicyclic) bond motifs is 6. The zero-order valence-corrected chi connectivity index (χ0v) is 19.2. The Morgan fingerprint density at radius 1 is 1.06 bits per heavy atom. The van der Waals surface area contributed by atoms with E-state index in [1.807, 2.05) is 44.2 Å². The van der Waals surface area contributed by atoms with E-state index in [2.05, 4.69) is 10.3 Å². The maximum atomic E-state index is 14.0. The number of amides is 1. The largest absolute Gasteiger partial charge is 0.454 e. The number of aromatic nitrogens is 1. The monoisotopic (exact) mass is 465 g/mol. The summed E-state index contributed by atoms with van der Waals surface area (Å²) in [6.07, 6.45) is 1.45. The van der Waals surface area contributed by atoms with Crippen LogP contribution >= 0.6 is 0 Å². The molecule has 35 heavy (non-hydrogen) atoms. The van der Waals surface area contributed by atoms with Crippen molar-refractivity contribution in [3.05, 3.63) is 101 Å². The number of anilines is 1. The van der Waals surface area contributed by atoms with Crippen molar-refractivity contribution < 1.29 is 19.4 Å². The zero-order chi connectivity index (χ0) is 24.5. The van der Waals surface area contributed by atoms with Gasteiger partial charge in [-0.15, -0.1) is 0 Å². The fourth-order valence-electron chi connectivity index (χ4n) is 5.18. The lowest BCUT2D eigenvalue weighted by Crippen LogP contribution is -2.60. The highest BCUT2D eigenvalue weighted by atomic mass is 16.6. The molecule has 1 aliphatic heterocycles. The number of ketones is 1. The van der Waals surface area contributed by atoms with E-state index in [1.165, 1.54) is 6.20 Å². The van der Waals surface area contributed by atoms with Gasteiger partial charge in [-0.3, -0.25) is 14.6 Å². The van der Waals surface area contributed by atoms with Gasteiger partial charge >= 0.3 is 0 Å². The lowest BCUT2D eigenvalue weighted by atomic mass is 9.82. The molecule has 4 N–H and O–H groups in total. The summed E-state index contributed by atoms with van der Waals surface area (Å²) in [6, 6.07) is 19.4. The second-order valence-electron chi connectivity index (χ2n) is 9.38. The molecule has 2 atom stereocenters. The molecule has 174 valence electrons. The van der Waals surface area contributed by atoms with Crippen LogP contribution in [-0.4, -0.2) is 21.8 Å². The molecule has 2 unspecified atom stereocenters. The molecule has 0 saturated heterocycles. The van der Waals surface area contributed by atoms with Gasteiger partial charge in [0, 0.05) is 28.4 Å². The van der Waals surface area contributed by atoms with E-state index in [9.17, 15) is 14.7 Å². The molecular weight excluding hydrogens is 442 g/mol. The first-order valence-electron chi connectivity index (χ1n) is 11.4.